The lowest BCUT2D eigenvalue weighted by atomic mass is 10.2. The van der Waals surface area contributed by atoms with Gasteiger partial charge in [-0.3, -0.25) is 4.21 Å². The molecule has 1 aromatic carbocycles. The molecule has 3 nitrogen and oxygen atoms in total. The van der Waals surface area contributed by atoms with Gasteiger partial charge in [0.25, 0.3) is 0 Å². The Morgan fingerprint density at radius 2 is 2.21 bits per heavy atom. The van der Waals surface area contributed by atoms with E-state index in [-0.39, 0.29) is 0 Å². The molecule has 0 aliphatic heterocycles. The second kappa shape index (κ2) is 5.00. The van der Waals surface area contributed by atoms with Gasteiger partial charge in [0, 0.05) is 40.7 Å². The summed E-state index contributed by atoms with van der Waals surface area (Å²) in [7, 11) is -0.745. The average Bonchev–Trinajstić information content (AvgIpc) is 2.10. The summed E-state index contributed by atoms with van der Waals surface area (Å²) in [6, 6.07) is 5.74. The van der Waals surface area contributed by atoms with Gasteiger partial charge in [0.15, 0.2) is 0 Å². The monoisotopic (exact) mass is 212 g/mol. The van der Waals surface area contributed by atoms with Crippen LogP contribution in [0.1, 0.15) is 5.56 Å². The molecular weight excluding hydrogens is 196 g/mol. The first kappa shape index (κ1) is 11.0. The lowest BCUT2D eigenvalue weighted by molar-refractivity contribution is 0.687. The minimum atomic E-state index is -0.745. The van der Waals surface area contributed by atoms with Crippen LogP contribution in [0.5, 0.6) is 0 Å². The Labute approximate surface area is 87.2 Å². The van der Waals surface area contributed by atoms with Crippen LogP contribution in [-0.4, -0.2) is 22.8 Å². The standard InChI is InChI=1S/C10H16N2OS/c1-8-3-4-9(11)7-10(8)12-5-6-14(2)13/h3-4,7,12H,5-6,11H2,1-2H3. The molecule has 0 radical (unpaired) electrons. The van der Waals surface area contributed by atoms with Crippen molar-refractivity contribution in [1.29, 1.82) is 0 Å². The van der Waals surface area contributed by atoms with E-state index in [1.165, 1.54) is 0 Å². The maximum absolute atomic E-state index is 10.8. The number of rotatable bonds is 4. The van der Waals surface area contributed by atoms with Crippen molar-refractivity contribution in [2.24, 2.45) is 0 Å². The maximum Gasteiger partial charge on any atom is 0.0405 e. The topological polar surface area (TPSA) is 55.1 Å². The molecule has 0 heterocycles. The van der Waals surface area contributed by atoms with Gasteiger partial charge in [-0.25, -0.2) is 0 Å². The van der Waals surface area contributed by atoms with Gasteiger partial charge in [0.2, 0.25) is 0 Å². The highest BCUT2D eigenvalue weighted by atomic mass is 32.2. The van der Waals surface area contributed by atoms with Gasteiger partial charge in [-0.05, 0) is 24.6 Å². The van der Waals surface area contributed by atoms with Crippen LogP contribution in [0.3, 0.4) is 0 Å². The molecule has 1 rings (SSSR count). The summed E-state index contributed by atoms with van der Waals surface area (Å²) in [4.78, 5) is 0. The summed E-state index contributed by atoms with van der Waals surface area (Å²) < 4.78 is 10.8. The first-order valence-electron chi connectivity index (χ1n) is 4.49. The number of aryl methyl sites for hydroxylation is 1. The van der Waals surface area contributed by atoms with E-state index in [1.807, 2.05) is 25.1 Å². The Kier molecular flexibility index (Phi) is 3.95. The highest BCUT2D eigenvalue weighted by Crippen LogP contribution is 2.17. The highest BCUT2D eigenvalue weighted by Gasteiger charge is 1.98. The zero-order valence-electron chi connectivity index (χ0n) is 8.54. The molecule has 78 valence electrons. The van der Waals surface area contributed by atoms with Crippen LogP contribution >= 0.6 is 0 Å². The lowest BCUT2D eigenvalue weighted by Gasteiger charge is -2.09. The van der Waals surface area contributed by atoms with E-state index in [0.717, 1.165) is 16.9 Å². The number of nitrogens with two attached hydrogens (primary N) is 1. The molecule has 4 heteroatoms. The largest absolute Gasteiger partial charge is 0.399 e. The molecule has 1 aromatic rings. The molecule has 0 bridgehead atoms. The van der Waals surface area contributed by atoms with Crippen molar-refractivity contribution >= 4 is 22.2 Å². The van der Waals surface area contributed by atoms with E-state index in [0.29, 0.717) is 12.3 Å². The third-order valence-electron chi connectivity index (χ3n) is 1.97. The van der Waals surface area contributed by atoms with Crippen LogP contribution in [-0.2, 0) is 10.8 Å². The summed E-state index contributed by atoms with van der Waals surface area (Å²) in [5, 5.41) is 3.21. The fourth-order valence-electron chi connectivity index (χ4n) is 1.16. The summed E-state index contributed by atoms with van der Waals surface area (Å²) in [6.45, 7) is 2.73. The Morgan fingerprint density at radius 3 is 2.86 bits per heavy atom. The van der Waals surface area contributed by atoms with Crippen molar-refractivity contribution in [2.75, 3.05) is 29.6 Å². The Balaban J connectivity index is 2.57. The number of anilines is 2. The van der Waals surface area contributed by atoms with E-state index in [9.17, 15) is 4.21 Å². The predicted octanol–water partition coefficient (Wildman–Crippen LogP) is 1.37. The first-order valence-corrected chi connectivity index (χ1v) is 6.22. The Hall–Kier alpha value is -1.03. The van der Waals surface area contributed by atoms with Gasteiger partial charge >= 0.3 is 0 Å². The van der Waals surface area contributed by atoms with Crippen molar-refractivity contribution in [3.8, 4) is 0 Å². The van der Waals surface area contributed by atoms with Gasteiger partial charge in [-0.15, -0.1) is 0 Å². The van der Waals surface area contributed by atoms with E-state index < -0.39 is 10.8 Å². The van der Waals surface area contributed by atoms with E-state index >= 15 is 0 Å². The molecule has 0 saturated carbocycles. The highest BCUT2D eigenvalue weighted by molar-refractivity contribution is 7.84. The molecule has 0 saturated heterocycles. The van der Waals surface area contributed by atoms with Gasteiger partial charge in [-0.1, -0.05) is 6.07 Å². The van der Waals surface area contributed by atoms with Crippen LogP contribution in [0.4, 0.5) is 11.4 Å². The first-order chi connectivity index (χ1) is 6.59. The van der Waals surface area contributed by atoms with Gasteiger partial charge in [-0.2, -0.15) is 0 Å². The fourth-order valence-corrected chi connectivity index (χ4v) is 1.55. The molecule has 1 unspecified atom stereocenters. The SMILES string of the molecule is Cc1ccc(N)cc1NCCS(C)=O. The third kappa shape index (κ3) is 3.38. The molecule has 0 amide bonds. The van der Waals surface area contributed by atoms with E-state index in [2.05, 4.69) is 5.32 Å². The zero-order valence-corrected chi connectivity index (χ0v) is 9.36. The van der Waals surface area contributed by atoms with E-state index in [4.69, 9.17) is 5.73 Å². The summed E-state index contributed by atoms with van der Waals surface area (Å²) >= 11 is 0. The van der Waals surface area contributed by atoms with E-state index in [1.54, 1.807) is 6.26 Å². The van der Waals surface area contributed by atoms with Crippen LogP contribution < -0.4 is 11.1 Å². The fraction of sp³-hybridized carbons (Fsp3) is 0.400. The average molecular weight is 212 g/mol. The predicted molar refractivity (Wildman–Crippen MR) is 63.0 cm³/mol. The van der Waals surface area contributed by atoms with Gasteiger partial charge in [0.05, 0.1) is 0 Å². The number of nitrogen functional groups attached to an aromatic ring is 1. The Morgan fingerprint density at radius 1 is 1.50 bits per heavy atom. The molecule has 0 aliphatic rings. The maximum atomic E-state index is 10.8. The molecular formula is C10H16N2OS. The van der Waals surface area contributed by atoms with Crippen molar-refractivity contribution in [1.82, 2.24) is 0 Å². The van der Waals surface area contributed by atoms with Crippen LogP contribution in [0, 0.1) is 6.92 Å². The number of nitrogens with one attached hydrogen (secondary N) is 1. The lowest BCUT2D eigenvalue weighted by Crippen LogP contribution is -2.10. The van der Waals surface area contributed by atoms with Gasteiger partial charge < -0.3 is 11.1 Å². The van der Waals surface area contributed by atoms with Crippen LogP contribution in [0.2, 0.25) is 0 Å². The number of hydrogen-bond donors (Lipinski definition) is 2. The minimum absolute atomic E-state index is 0.661. The van der Waals surface area contributed by atoms with Crippen molar-refractivity contribution < 1.29 is 4.21 Å². The van der Waals surface area contributed by atoms with Crippen molar-refractivity contribution in [2.45, 2.75) is 6.92 Å². The molecule has 0 spiro atoms. The Bertz CT molecular complexity index is 339. The quantitative estimate of drug-likeness (QED) is 0.741. The number of benzene rings is 1. The summed E-state index contributed by atoms with van der Waals surface area (Å²) in [5.74, 6) is 0.661. The number of hydrogen-bond acceptors (Lipinski definition) is 3. The molecule has 14 heavy (non-hydrogen) atoms. The zero-order chi connectivity index (χ0) is 10.6. The molecule has 0 aromatic heterocycles. The van der Waals surface area contributed by atoms with Crippen molar-refractivity contribution in [3.05, 3.63) is 23.8 Å². The summed E-state index contributed by atoms with van der Waals surface area (Å²) in [6.07, 6.45) is 1.70. The molecule has 1 atom stereocenters. The third-order valence-corrected chi connectivity index (χ3v) is 2.75. The molecule has 0 fully saturated rings. The second-order valence-corrected chi connectivity index (χ2v) is 4.83. The smallest absolute Gasteiger partial charge is 0.0405 e. The normalized spacial score (nSPS) is 12.4. The second-order valence-electron chi connectivity index (χ2n) is 3.28. The van der Waals surface area contributed by atoms with Crippen molar-refractivity contribution in [3.63, 3.8) is 0 Å². The molecule has 3 N–H and O–H groups in total. The van der Waals surface area contributed by atoms with Crippen LogP contribution in [0.25, 0.3) is 0 Å². The van der Waals surface area contributed by atoms with Gasteiger partial charge in [0.1, 0.15) is 0 Å². The minimum Gasteiger partial charge on any atom is -0.399 e. The molecule has 0 aliphatic carbocycles. The van der Waals surface area contributed by atoms with Crippen LogP contribution in [0.15, 0.2) is 18.2 Å². The summed E-state index contributed by atoms with van der Waals surface area (Å²) in [5.41, 5.74) is 8.58.